The molecule has 0 aliphatic heterocycles. The van der Waals surface area contributed by atoms with E-state index in [1.807, 2.05) is 44.4 Å². The molecule has 0 radical (unpaired) electrons. The van der Waals surface area contributed by atoms with Crippen LogP contribution in [0, 0.1) is 13.8 Å². The third-order valence-electron chi connectivity index (χ3n) is 3.78. The van der Waals surface area contributed by atoms with Gasteiger partial charge in [0.15, 0.2) is 5.13 Å². The first-order valence-electron chi connectivity index (χ1n) is 8.66. The lowest BCUT2D eigenvalue weighted by molar-refractivity contribution is -0.116. The molecule has 1 heterocycles. The number of amides is 2. The van der Waals surface area contributed by atoms with Gasteiger partial charge in [-0.2, -0.15) is 0 Å². The zero-order valence-electron chi connectivity index (χ0n) is 15.4. The van der Waals surface area contributed by atoms with Gasteiger partial charge >= 0.3 is 0 Å². The van der Waals surface area contributed by atoms with Gasteiger partial charge in [0.25, 0.3) is 5.91 Å². The van der Waals surface area contributed by atoms with E-state index in [2.05, 4.69) is 10.3 Å². The maximum atomic E-state index is 12.9. The maximum absolute atomic E-state index is 12.9. The fourth-order valence-corrected chi connectivity index (χ4v) is 3.19. The molecular weight excluding hydrogens is 350 g/mol. The number of hydrogen-bond acceptors (Lipinski definition) is 5. The number of nitrogens with zero attached hydrogens (tertiary/aromatic N) is 2. The van der Waals surface area contributed by atoms with E-state index in [0.29, 0.717) is 36.9 Å². The molecule has 2 amide bonds. The second kappa shape index (κ2) is 10.0. The van der Waals surface area contributed by atoms with Gasteiger partial charge in [-0.05, 0) is 38.8 Å². The van der Waals surface area contributed by atoms with Gasteiger partial charge in [-0.15, -0.1) is 11.3 Å². The molecule has 0 spiro atoms. The van der Waals surface area contributed by atoms with Gasteiger partial charge in [0.05, 0.1) is 5.69 Å². The molecule has 0 fully saturated rings. The third-order valence-corrected chi connectivity index (χ3v) is 4.66. The smallest absolute Gasteiger partial charge is 0.254 e. The summed E-state index contributed by atoms with van der Waals surface area (Å²) in [6.45, 7) is 7.32. The minimum absolute atomic E-state index is 0.0160. The van der Waals surface area contributed by atoms with Gasteiger partial charge in [-0.3, -0.25) is 9.59 Å². The quantitative estimate of drug-likeness (QED) is 0.683. The summed E-state index contributed by atoms with van der Waals surface area (Å²) in [6.07, 6.45) is 0.676. The highest BCUT2D eigenvalue weighted by atomic mass is 32.1. The Hall–Kier alpha value is -2.25. The Labute approximate surface area is 158 Å². The van der Waals surface area contributed by atoms with Crippen LogP contribution in [-0.4, -0.2) is 48.0 Å². The first-order valence-corrected chi connectivity index (χ1v) is 9.54. The van der Waals surface area contributed by atoms with Crippen molar-refractivity contribution < 1.29 is 14.3 Å². The highest BCUT2D eigenvalue weighted by Gasteiger charge is 2.20. The summed E-state index contributed by atoms with van der Waals surface area (Å²) in [4.78, 5) is 31.1. The highest BCUT2D eigenvalue weighted by molar-refractivity contribution is 7.13. The number of ether oxygens (including phenoxy) is 1. The second-order valence-electron chi connectivity index (χ2n) is 5.93. The van der Waals surface area contributed by atoms with E-state index in [0.717, 1.165) is 11.3 Å². The SMILES string of the molecule is CCOCCCN(CC(=O)Nc1nc(C)cs1)C(=O)c1ccccc1C. The molecule has 0 aliphatic rings. The monoisotopic (exact) mass is 375 g/mol. The molecule has 2 aromatic rings. The summed E-state index contributed by atoms with van der Waals surface area (Å²) in [5.41, 5.74) is 2.36. The molecule has 0 saturated heterocycles. The van der Waals surface area contributed by atoms with Gasteiger partial charge in [0, 0.05) is 30.7 Å². The Morgan fingerprint density at radius 2 is 2.04 bits per heavy atom. The van der Waals surface area contributed by atoms with Gasteiger partial charge in [0.1, 0.15) is 6.54 Å². The van der Waals surface area contributed by atoms with Crippen LogP contribution >= 0.6 is 11.3 Å². The average molecular weight is 375 g/mol. The van der Waals surface area contributed by atoms with Gasteiger partial charge in [-0.25, -0.2) is 4.98 Å². The zero-order chi connectivity index (χ0) is 18.9. The lowest BCUT2D eigenvalue weighted by Gasteiger charge is -2.23. The topological polar surface area (TPSA) is 71.5 Å². The molecule has 0 unspecified atom stereocenters. The standard InChI is InChI=1S/C19H25N3O3S/c1-4-25-11-7-10-22(18(24)16-9-6-5-8-14(16)2)12-17(23)21-19-20-15(3)13-26-19/h5-6,8-9,13H,4,7,10-12H2,1-3H3,(H,20,21,23). The number of anilines is 1. The average Bonchev–Trinajstić information content (AvgIpc) is 3.02. The van der Waals surface area contributed by atoms with Crippen molar-refractivity contribution in [3.63, 3.8) is 0 Å². The maximum Gasteiger partial charge on any atom is 0.254 e. The number of carbonyl (C=O) groups excluding carboxylic acids is 2. The molecule has 6 nitrogen and oxygen atoms in total. The molecular formula is C19H25N3O3S. The Morgan fingerprint density at radius 3 is 2.69 bits per heavy atom. The van der Waals surface area contributed by atoms with Crippen molar-refractivity contribution in [1.82, 2.24) is 9.88 Å². The molecule has 26 heavy (non-hydrogen) atoms. The number of aromatic nitrogens is 1. The zero-order valence-corrected chi connectivity index (χ0v) is 16.3. The van der Waals surface area contributed by atoms with Crippen molar-refractivity contribution in [3.8, 4) is 0 Å². The highest BCUT2D eigenvalue weighted by Crippen LogP contribution is 2.15. The first kappa shape index (κ1) is 20.1. The normalized spacial score (nSPS) is 10.6. The molecule has 7 heteroatoms. The molecule has 1 N–H and O–H groups in total. The van der Waals surface area contributed by atoms with Crippen LogP contribution < -0.4 is 5.32 Å². The van der Waals surface area contributed by atoms with E-state index in [1.54, 1.807) is 11.0 Å². The van der Waals surface area contributed by atoms with Crippen molar-refractivity contribution >= 4 is 28.3 Å². The van der Waals surface area contributed by atoms with E-state index in [9.17, 15) is 9.59 Å². The van der Waals surface area contributed by atoms with Gasteiger partial charge < -0.3 is 15.0 Å². The Kier molecular flexibility index (Phi) is 7.74. The summed E-state index contributed by atoms with van der Waals surface area (Å²) < 4.78 is 5.35. The van der Waals surface area contributed by atoms with Crippen LogP contribution in [0.3, 0.4) is 0 Å². The van der Waals surface area contributed by atoms with Crippen molar-refractivity contribution in [1.29, 1.82) is 0 Å². The Morgan fingerprint density at radius 1 is 1.27 bits per heavy atom. The second-order valence-corrected chi connectivity index (χ2v) is 6.79. The molecule has 2 rings (SSSR count). The van der Waals surface area contributed by atoms with E-state index < -0.39 is 0 Å². The van der Waals surface area contributed by atoms with Crippen LogP contribution in [0.5, 0.6) is 0 Å². The van der Waals surface area contributed by atoms with Crippen LogP contribution in [0.2, 0.25) is 0 Å². The van der Waals surface area contributed by atoms with E-state index in [4.69, 9.17) is 4.74 Å². The number of carbonyl (C=O) groups is 2. The van der Waals surface area contributed by atoms with Crippen molar-refractivity contribution in [2.45, 2.75) is 27.2 Å². The number of rotatable bonds is 9. The molecule has 0 aliphatic carbocycles. The largest absolute Gasteiger partial charge is 0.382 e. The number of hydrogen-bond donors (Lipinski definition) is 1. The van der Waals surface area contributed by atoms with E-state index in [-0.39, 0.29) is 18.4 Å². The molecule has 0 saturated carbocycles. The molecule has 1 aromatic carbocycles. The molecule has 0 bridgehead atoms. The van der Waals surface area contributed by atoms with Crippen molar-refractivity contribution in [2.75, 3.05) is 31.6 Å². The van der Waals surface area contributed by atoms with E-state index in [1.165, 1.54) is 11.3 Å². The fourth-order valence-electron chi connectivity index (χ4n) is 2.48. The van der Waals surface area contributed by atoms with Crippen LogP contribution in [0.1, 0.15) is 35.0 Å². The molecule has 140 valence electrons. The molecule has 1 aromatic heterocycles. The van der Waals surface area contributed by atoms with Crippen molar-refractivity contribution in [2.24, 2.45) is 0 Å². The summed E-state index contributed by atoms with van der Waals surface area (Å²) in [7, 11) is 0. The lowest BCUT2D eigenvalue weighted by atomic mass is 10.1. The van der Waals surface area contributed by atoms with Crippen LogP contribution in [0.15, 0.2) is 29.6 Å². The minimum Gasteiger partial charge on any atom is -0.382 e. The van der Waals surface area contributed by atoms with Crippen LogP contribution in [0.4, 0.5) is 5.13 Å². The number of aryl methyl sites for hydroxylation is 2. The Balaban J connectivity index is 2.05. The predicted octanol–water partition coefficient (Wildman–Crippen LogP) is 3.27. The fraction of sp³-hybridized carbons (Fsp3) is 0.421. The van der Waals surface area contributed by atoms with Crippen LogP contribution in [0.25, 0.3) is 0 Å². The first-order chi connectivity index (χ1) is 12.5. The van der Waals surface area contributed by atoms with Gasteiger partial charge in [-0.1, -0.05) is 18.2 Å². The predicted molar refractivity (Wildman–Crippen MR) is 104 cm³/mol. The van der Waals surface area contributed by atoms with Crippen LogP contribution in [-0.2, 0) is 9.53 Å². The lowest BCUT2D eigenvalue weighted by Crippen LogP contribution is -2.39. The Bertz CT molecular complexity index is 745. The van der Waals surface area contributed by atoms with Crippen molar-refractivity contribution in [3.05, 3.63) is 46.5 Å². The number of thiazole rings is 1. The third kappa shape index (κ3) is 5.93. The summed E-state index contributed by atoms with van der Waals surface area (Å²) in [5, 5.41) is 5.17. The summed E-state index contributed by atoms with van der Waals surface area (Å²) in [5.74, 6) is -0.400. The van der Waals surface area contributed by atoms with E-state index >= 15 is 0 Å². The number of nitrogens with one attached hydrogen (secondary N) is 1. The summed E-state index contributed by atoms with van der Waals surface area (Å²) in [6, 6.07) is 7.40. The number of benzene rings is 1. The minimum atomic E-state index is -0.252. The summed E-state index contributed by atoms with van der Waals surface area (Å²) >= 11 is 1.37. The van der Waals surface area contributed by atoms with Gasteiger partial charge in [0.2, 0.25) is 5.91 Å². The molecule has 0 atom stereocenters.